The van der Waals surface area contributed by atoms with Crippen molar-refractivity contribution in [3.8, 4) is 44.5 Å². The Labute approximate surface area is 361 Å². The van der Waals surface area contributed by atoms with E-state index in [0.29, 0.717) is 0 Å². The monoisotopic (exact) mass is 788 g/mol. The van der Waals surface area contributed by atoms with Crippen LogP contribution in [0.15, 0.2) is 164 Å². The second-order valence-corrected chi connectivity index (χ2v) is 18.0. The zero-order chi connectivity index (χ0) is 41.4. The van der Waals surface area contributed by atoms with Crippen LogP contribution in [-0.2, 0) is 6.42 Å². The Morgan fingerprint density at radius 3 is 1.76 bits per heavy atom. The zero-order valence-corrected chi connectivity index (χ0v) is 35.6. The van der Waals surface area contributed by atoms with Gasteiger partial charge in [0.2, 0.25) is 0 Å². The summed E-state index contributed by atoms with van der Waals surface area (Å²) in [5.41, 5.74) is 17.2. The molecule has 13 rings (SSSR count). The highest BCUT2D eigenvalue weighted by molar-refractivity contribution is 6.43. The smallest absolute Gasteiger partial charge is 0.000708 e. The number of fused-ring (bicyclic) bond motifs is 10. The molecule has 0 saturated carbocycles. The van der Waals surface area contributed by atoms with Crippen LogP contribution in [0.1, 0.15) is 34.2 Å². The summed E-state index contributed by atoms with van der Waals surface area (Å²) in [4.78, 5) is 0. The molecule has 12 aromatic rings. The summed E-state index contributed by atoms with van der Waals surface area (Å²) < 4.78 is 0. The van der Waals surface area contributed by atoms with E-state index < -0.39 is 0 Å². The highest BCUT2D eigenvalue weighted by Crippen LogP contribution is 2.55. The summed E-state index contributed by atoms with van der Waals surface area (Å²) in [6, 6.07) is 62.5. The Morgan fingerprint density at radius 1 is 0.323 bits per heavy atom. The van der Waals surface area contributed by atoms with Crippen LogP contribution in [0.3, 0.4) is 0 Å². The van der Waals surface area contributed by atoms with E-state index in [1.807, 2.05) is 0 Å². The molecule has 0 N–H and O–H groups in total. The van der Waals surface area contributed by atoms with Gasteiger partial charge in [0, 0.05) is 0 Å². The Bertz CT molecular complexity index is 3900. The molecule has 0 fully saturated rings. The SMILES string of the molecule is Cc1cc2c3c4c(c5c(-c6ccccc6)c6c7cc8cc(-c9c(C)cccc9C)ccc8c8cccc(c6c(-c6ccccc6-c6ccccc6)c5cc4c2cc1C)c87)CCC=3. The summed E-state index contributed by atoms with van der Waals surface area (Å²) in [5.74, 6) is 0. The lowest BCUT2D eigenvalue weighted by molar-refractivity contribution is 1.05. The van der Waals surface area contributed by atoms with Crippen LogP contribution >= 0.6 is 0 Å². The molecule has 0 spiro atoms. The first-order valence-electron chi connectivity index (χ1n) is 22.2. The summed E-state index contributed by atoms with van der Waals surface area (Å²) in [6.07, 6.45) is 4.55. The van der Waals surface area contributed by atoms with Crippen LogP contribution in [0, 0.1) is 27.7 Å². The fraction of sp³-hybridized carbons (Fsp3) is 0.0968. The van der Waals surface area contributed by atoms with Crippen molar-refractivity contribution in [1.82, 2.24) is 0 Å². The number of benzene rings is 10. The molecular weight excluding hydrogens is 745 g/mol. The van der Waals surface area contributed by atoms with Crippen LogP contribution in [0.4, 0.5) is 0 Å². The van der Waals surface area contributed by atoms with Crippen molar-refractivity contribution in [2.75, 3.05) is 0 Å². The maximum Gasteiger partial charge on any atom is -0.000708 e. The fourth-order valence-corrected chi connectivity index (χ4v) is 11.8. The maximum atomic E-state index is 2.61. The van der Waals surface area contributed by atoms with Crippen molar-refractivity contribution >= 4 is 81.5 Å². The van der Waals surface area contributed by atoms with Crippen LogP contribution in [0.25, 0.3) is 126 Å². The highest BCUT2D eigenvalue weighted by Gasteiger charge is 2.29. The molecule has 0 aliphatic heterocycles. The maximum absolute atomic E-state index is 2.61. The minimum atomic E-state index is 1.01. The predicted molar refractivity (Wildman–Crippen MR) is 269 cm³/mol. The third kappa shape index (κ3) is 4.84. The number of hydrogen-bond acceptors (Lipinski definition) is 0. The standard InChI is InChI=1S/C62H44/c1-35-16-13-17-36(2)55(35)41-28-29-44-42(32-41)33-53-58-45(44)24-14-27-49(58)61-59(46-23-12-11-22-43(46)39-18-7-5-8-19-39)54-34-52-51-31-38(4)37(3)30-50(51)47-25-15-26-48(57(47)52)60(54)56(62(53)61)40-20-9-6-10-21-40/h5-14,16-25,27-34H,15,26H2,1-4H3. The van der Waals surface area contributed by atoms with Gasteiger partial charge in [-0.3, -0.25) is 0 Å². The molecule has 0 radical (unpaired) electrons. The number of hydrogen-bond donors (Lipinski definition) is 0. The lowest BCUT2D eigenvalue weighted by atomic mass is 9.80. The first-order chi connectivity index (χ1) is 30.4. The molecule has 0 saturated heterocycles. The van der Waals surface area contributed by atoms with Crippen molar-refractivity contribution in [3.63, 3.8) is 0 Å². The molecule has 0 amide bonds. The van der Waals surface area contributed by atoms with Gasteiger partial charge in [0.05, 0.1) is 0 Å². The van der Waals surface area contributed by atoms with Gasteiger partial charge in [-0.15, -0.1) is 0 Å². The van der Waals surface area contributed by atoms with Crippen molar-refractivity contribution in [2.45, 2.75) is 40.5 Å². The van der Waals surface area contributed by atoms with Gasteiger partial charge < -0.3 is 0 Å². The molecule has 0 unspecified atom stereocenters. The van der Waals surface area contributed by atoms with Crippen molar-refractivity contribution < 1.29 is 0 Å². The largest absolute Gasteiger partial charge is 0.0757 e. The van der Waals surface area contributed by atoms with E-state index in [1.165, 1.54) is 153 Å². The molecular formula is C62H44. The third-order valence-corrected chi connectivity index (χ3v) is 14.6. The second-order valence-electron chi connectivity index (χ2n) is 18.0. The molecule has 0 nitrogen and oxygen atoms in total. The first-order valence-corrected chi connectivity index (χ1v) is 22.2. The molecule has 1 aliphatic rings. The van der Waals surface area contributed by atoms with Crippen LogP contribution in [-0.4, -0.2) is 0 Å². The van der Waals surface area contributed by atoms with E-state index >= 15 is 0 Å². The molecule has 0 bridgehead atoms. The van der Waals surface area contributed by atoms with Gasteiger partial charge in [-0.2, -0.15) is 0 Å². The Hall–Kier alpha value is -7.28. The summed E-state index contributed by atoms with van der Waals surface area (Å²) in [7, 11) is 0. The van der Waals surface area contributed by atoms with Crippen molar-refractivity contribution in [3.05, 3.63) is 197 Å². The van der Waals surface area contributed by atoms with E-state index in [-0.39, 0.29) is 0 Å². The van der Waals surface area contributed by atoms with E-state index in [0.717, 1.165) is 12.8 Å². The molecule has 292 valence electrons. The second kappa shape index (κ2) is 13.1. The van der Waals surface area contributed by atoms with Gasteiger partial charge >= 0.3 is 0 Å². The molecule has 62 heavy (non-hydrogen) atoms. The van der Waals surface area contributed by atoms with E-state index in [4.69, 9.17) is 0 Å². The quantitative estimate of drug-likeness (QED) is 0.156. The average Bonchev–Trinajstić information content (AvgIpc) is 3.79. The normalized spacial score (nSPS) is 12.8. The molecule has 0 heteroatoms. The van der Waals surface area contributed by atoms with Gasteiger partial charge in [0.25, 0.3) is 0 Å². The molecule has 12 aromatic carbocycles. The first kappa shape index (κ1) is 35.5. The van der Waals surface area contributed by atoms with Gasteiger partial charge in [-0.25, -0.2) is 0 Å². The predicted octanol–water partition coefficient (Wildman–Crippen LogP) is 16.5. The minimum Gasteiger partial charge on any atom is -0.0757 e. The van der Waals surface area contributed by atoms with E-state index in [2.05, 4.69) is 198 Å². The fourth-order valence-electron chi connectivity index (χ4n) is 11.8. The Morgan fingerprint density at radius 2 is 0.984 bits per heavy atom. The van der Waals surface area contributed by atoms with Crippen molar-refractivity contribution in [1.29, 1.82) is 0 Å². The van der Waals surface area contributed by atoms with Gasteiger partial charge in [0.15, 0.2) is 0 Å². The Balaban J connectivity index is 1.31. The summed E-state index contributed by atoms with van der Waals surface area (Å²) in [5, 5.41) is 20.4. The molecule has 0 atom stereocenters. The van der Waals surface area contributed by atoms with Gasteiger partial charge in [0.1, 0.15) is 0 Å². The average molecular weight is 789 g/mol. The lowest BCUT2D eigenvalue weighted by Crippen LogP contribution is -2.08. The van der Waals surface area contributed by atoms with Crippen LogP contribution < -0.4 is 5.22 Å². The highest BCUT2D eigenvalue weighted by atomic mass is 14.3. The van der Waals surface area contributed by atoms with E-state index in [9.17, 15) is 0 Å². The molecule has 0 aromatic heterocycles. The summed E-state index contributed by atoms with van der Waals surface area (Å²) >= 11 is 0. The van der Waals surface area contributed by atoms with Crippen LogP contribution in [0.5, 0.6) is 0 Å². The minimum absolute atomic E-state index is 1.01. The lowest BCUT2D eigenvalue weighted by Gasteiger charge is -2.22. The van der Waals surface area contributed by atoms with Gasteiger partial charge in [-0.1, -0.05) is 152 Å². The number of aryl methyl sites for hydroxylation is 5. The van der Waals surface area contributed by atoms with Crippen molar-refractivity contribution in [2.24, 2.45) is 0 Å². The van der Waals surface area contributed by atoms with E-state index in [1.54, 1.807) is 0 Å². The number of rotatable bonds is 4. The summed E-state index contributed by atoms with van der Waals surface area (Å²) in [6.45, 7) is 9.02. The zero-order valence-electron chi connectivity index (χ0n) is 35.6. The Kier molecular flexibility index (Phi) is 7.50. The van der Waals surface area contributed by atoms with Crippen LogP contribution in [0.2, 0.25) is 0 Å². The third-order valence-electron chi connectivity index (χ3n) is 14.6. The van der Waals surface area contributed by atoms with Gasteiger partial charge in [-0.05, 0) is 212 Å². The molecule has 0 heterocycles. The molecule has 1 aliphatic carbocycles. The topological polar surface area (TPSA) is 0 Å².